The number of fused-ring (bicyclic) bond motifs is 1. The lowest BCUT2D eigenvalue weighted by molar-refractivity contribution is 0.627. The summed E-state index contributed by atoms with van der Waals surface area (Å²) in [4.78, 5) is 8.65. The molecule has 0 aliphatic carbocycles. The molecule has 0 amide bonds. The molecule has 0 unspecified atom stereocenters. The Hall–Kier alpha value is -2.70. The quantitative estimate of drug-likeness (QED) is 0.517. The molecule has 8 heteroatoms. The summed E-state index contributed by atoms with van der Waals surface area (Å²) in [5.74, 6) is 0.770. The lowest BCUT2D eigenvalue weighted by Gasteiger charge is -2.07. The summed E-state index contributed by atoms with van der Waals surface area (Å²) >= 11 is 12.3. The molecule has 5 nitrogen and oxygen atoms in total. The Morgan fingerprint density at radius 2 is 1.77 bits per heavy atom. The number of pyridine rings is 2. The molecule has 130 valence electrons. The van der Waals surface area contributed by atoms with Crippen molar-refractivity contribution in [2.24, 2.45) is 0 Å². The van der Waals surface area contributed by atoms with Crippen molar-refractivity contribution in [2.75, 3.05) is 5.32 Å². The maximum Gasteiger partial charge on any atom is 0.142 e. The van der Waals surface area contributed by atoms with Gasteiger partial charge in [-0.3, -0.25) is 0 Å². The van der Waals surface area contributed by atoms with E-state index in [0.29, 0.717) is 22.8 Å². The Balaban J connectivity index is 1.81. The Labute approximate surface area is 158 Å². The fourth-order valence-electron chi connectivity index (χ4n) is 2.64. The van der Waals surface area contributed by atoms with E-state index in [2.05, 4.69) is 20.4 Å². The van der Waals surface area contributed by atoms with E-state index < -0.39 is 5.82 Å². The van der Waals surface area contributed by atoms with E-state index in [9.17, 15) is 4.39 Å². The Morgan fingerprint density at radius 3 is 2.50 bits per heavy atom. The molecule has 4 aromatic rings. The van der Waals surface area contributed by atoms with Gasteiger partial charge in [0.15, 0.2) is 0 Å². The van der Waals surface area contributed by atoms with E-state index in [1.165, 1.54) is 16.8 Å². The van der Waals surface area contributed by atoms with Crippen LogP contribution in [0.3, 0.4) is 0 Å². The molecule has 1 N–H and O–H groups in total. The summed E-state index contributed by atoms with van der Waals surface area (Å²) < 4.78 is 15.0. The molecule has 0 saturated heterocycles. The highest BCUT2D eigenvalue weighted by atomic mass is 35.5. The molecule has 0 bridgehead atoms. The van der Waals surface area contributed by atoms with Crippen LogP contribution in [0, 0.1) is 12.7 Å². The molecule has 0 aliphatic heterocycles. The van der Waals surface area contributed by atoms with Crippen molar-refractivity contribution in [2.45, 2.75) is 6.92 Å². The number of aromatic nitrogens is 4. The molecule has 0 radical (unpaired) electrons. The highest BCUT2D eigenvalue weighted by Gasteiger charge is 2.15. The molecule has 4 rings (SSSR count). The topological polar surface area (TPSA) is 55.6 Å². The second-order valence-corrected chi connectivity index (χ2v) is 6.54. The highest BCUT2D eigenvalue weighted by molar-refractivity contribution is 6.37. The molecule has 0 fully saturated rings. The first-order valence-electron chi connectivity index (χ1n) is 7.70. The summed E-state index contributed by atoms with van der Waals surface area (Å²) in [5.41, 5.74) is 2.17. The fourth-order valence-corrected chi connectivity index (χ4v) is 3.27. The van der Waals surface area contributed by atoms with E-state index in [4.69, 9.17) is 23.2 Å². The van der Waals surface area contributed by atoms with Gasteiger partial charge in [0.25, 0.3) is 0 Å². The second kappa shape index (κ2) is 6.55. The van der Waals surface area contributed by atoms with Crippen molar-refractivity contribution in [3.05, 3.63) is 70.3 Å². The first-order chi connectivity index (χ1) is 12.5. The maximum atomic E-state index is 13.4. The van der Waals surface area contributed by atoms with Crippen LogP contribution in [0.5, 0.6) is 0 Å². The third kappa shape index (κ3) is 3.09. The van der Waals surface area contributed by atoms with Gasteiger partial charge in [-0.25, -0.2) is 19.0 Å². The van der Waals surface area contributed by atoms with Crippen molar-refractivity contribution in [1.29, 1.82) is 0 Å². The predicted octanol–water partition coefficient (Wildman–Crippen LogP) is 5.31. The van der Waals surface area contributed by atoms with E-state index in [-0.39, 0.29) is 10.0 Å². The number of nitrogens with one attached hydrogen (secondary N) is 1. The minimum absolute atomic E-state index is 0.172. The van der Waals surface area contributed by atoms with Crippen molar-refractivity contribution in [3.8, 4) is 5.69 Å². The third-order valence-corrected chi connectivity index (χ3v) is 4.38. The average molecular weight is 388 g/mol. The summed E-state index contributed by atoms with van der Waals surface area (Å²) in [6.07, 6.45) is 5.11. The number of benzene rings is 1. The summed E-state index contributed by atoms with van der Waals surface area (Å²) in [6, 6.07) is 7.99. The van der Waals surface area contributed by atoms with Gasteiger partial charge in [-0.05, 0) is 42.8 Å². The SMILES string of the molecule is Cc1ccnc(Nc2nccc3nn(-c4c(Cl)cc(F)cc4Cl)cc23)c1. The van der Waals surface area contributed by atoms with Crippen molar-refractivity contribution in [3.63, 3.8) is 0 Å². The normalized spacial score (nSPS) is 11.1. The molecule has 0 spiro atoms. The van der Waals surface area contributed by atoms with Gasteiger partial charge in [-0.15, -0.1) is 0 Å². The molecule has 0 saturated carbocycles. The lowest BCUT2D eigenvalue weighted by atomic mass is 10.3. The van der Waals surface area contributed by atoms with E-state index >= 15 is 0 Å². The molecule has 0 atom stereocenters. The monoisotopic (exact) mass is 387 g/mol. The van der Waals surface area contributed by atoms with Gasteiger partial charge in [0.1, 0.15) is 23.1 Å². The number of hydrogen-bond donors (Lipinski definition) is 1. The van der Waals surface area contributed by atoms with Gasteiger partial charge in [0.05, 0.1) is 20.9 Å². The molecule has 0 aliphatic rings. The van der Waals surface area contributed by atoms with Gasteiger partial charge in [0.2, 0.25) is 0 Å². The Bertz CT molecular complexity index is 1100. The summed E-state index contributed by atoms with van der Waals surface area (Å²) in [5, 5.41) is 8.77. The zero-order valence-corrected chi connectivity index (χ0v) is 15.1. The fraction of sp³-hybridized carbons (Fsp3) is 0.0556. The molecule has 1 aromatic carbocycles. The van der Waals surface area contributed by atoms with Crippen molar-refractivity contribution in [1.82, 2.24) is 19.7 Å². The van der Waals surface area contributed by atoms with E-state index in [0.717, 1.165) is 10.9 Å². The molecular formula is C18H12Cl2FN5. The molecule has 26 heavy (non-hydrogen) atoms. The van der Waals surface area contributed by atoms with Crippen LogP contribution in [0.15, 0.2) is 48.9 Å². The van der Waals surface area contributed by atoms with E-state index in [1.54, 1.807) is 24.7 Å². The van der Waals surface area contributed by atoms with Crippen LogP contribution in [-0.4, -0.2) is 19.7 Å². The number of aryl methyl sites for hydroxylation is 1. The Kier molecular flexibility index (Phi) is 4.22. The summed E-state index contributed by atoms with van der Waals surface area (Å²) in [7, 11) is 0. The van der Waals surface area contributed by atoms with Gasteiger partial charge < -0.3 is 5.32 Å². The van der Waals surface area contributed by atoms with Crippen LogP contribution in [-0.2, 0) is 0 Å². The first kappa shape index (κ1) is 16.8. The van der Waals surface area contributed by atoms with Gasteiger partial charge in [0, 0.05) is 18.6 Å². The van der Waals surface area contributed by atoms with Crippen LogP contribution in [0.1, 0.15) is 5.56 Å². The molecule has 3 heterocycles. The van der Waals surface area contributed by atoms with Crippen LogP contribution in [0.4, 0.5) is 16.0 Å². The minimum Gasteiger partial charge on any atom is -0.324 e. The van der Waals surface area contributed by atoms with Crippen molar-refractivity contribution < 1.29 is 4.39 Å². The van der Waals surface area contributed by atoms with Gasteiger partial charge >= 0.3 is 0 Å². The van der Waals surface area contributed by atoms with Gasteiger partial charge in [-0.2, -0.15) is 5.10 Å². The van der Waals surface area contributed by atoms with Crippen LogP contribution >= 0.6 is 23.2 Å². The number of halogens is 3. The van der Waals surface area contributed by atoms with Gasteiger partial charge in [-0.1, -0.05) is 23.2 Å². The second-order valence-electron chi connectivity index (χ2n) is 5.73. The largest absolute Gasteiger partial charge is 0.324 e. The highest BCUT2D eigenvalue weighted by Crippen LogP contribution is 2.32. The first-order valence-corrected chi connectivity index (χ1v) is 8.46. The number of hydrogen-bond acceptors (Lipinski definition) is 4. The maximum absolute atomic E-state index is 13.4. The van der Waals surface area contributed by atoms with Crippen LogP contribution < -0.4 is 5.32 Å². The molecule has 3 aromatic heterocycles. The number of nitrogens with zero attached hydrogens (tertiary/aromatic N) is 4. The number of rotatable bonds is 3. The Morgan fingerprint density at radius 1 is 1.04 bits per heavy atom. The zero-order valence-electron chi connectivity index (χ0n) is 13.5. The van der Waals surface area contributed by atoms with E-state index in [1.807, 2.05) is 19.1 Å². The van der Waals surface area contributed by atoms with Crippen LogP contribution in [0.25, 0.3) is 16.6 Å². The lowest BCUT2D eigenvalue weighted by Crippen LogP contribution is -1.97. The number of anilines is 2. The minimum atomic E-state index is -0.505. The third-order valence-electron chi connectivity index (χ3n) is 3.81. The predicted molar refractivity (Wildman–Crippen MR) is 101 cm³/mol. The standard InChI is InChI=1S/C18H12Cl2FN5/c1-10-2-4-22-16(6-10)24-18-12-9-26(25-15(12)3-5-23-18)17-13(19)7-11(21)8-14(17)20/h2-9H,1H3,(H,22,23,24). The smallest absolute Gasteiger partial charge is 0.142 e. The van der Waals surface area contributed by atoms with Crippen molar-refractivity contribution >= 4 is 45.7 Å². The summed E-state index contributed by atoms with van der Waals surface area (Å²) in [6.45, 7) is 1.98. The molecular weight excluding hydrogens is 376 g/mol. The average Bonchev–Trinajstić information content (AvgIpc) is 2.98. The zero-order chi connectivity index (χ0) is 18.3. The van der Waals surface area contributed by atoms with Crippen LogP contribution in [0.2, 0.25) is 10.0 Å².